The fourth-order valence-corrected chi connectivity index (χ4v) is 8.43. The summed E-state index contributed by atoms with van der Waals surface area (Å²) in [5.74, 6) is 2.06. The monoisotopic (exact) mass is 648 g/mol. The third-order valence-electron chi connectivity index (χ3n) is 4.54. The Morgan fingerprint density at radius 3 is 1.10 bits per heavy atom. The van der Waals surface area contributed by atoms with Crippen LogP contribution in [0.3, 0.4) is 0 Å². The molecule has 0 heterocycles. The predicted octanol–water partition coefficient (Wildman–Crippen LogP) is 7.59. The zero-order valence-electron chi connectivity index (χ0n) is 22.0. The van der Waals surface area contributed by atoms with Crippen LogP contribution in [0.5, 0.6) is 0 Å². The van der Waals surface area contributed by atoms with Crippen LogP contribution in [0.25, 0.3) is 0 Å². The van der Waals surface area contributed by atoms with Crippen LogP contribution in [0.15, 0.2) is 117 Å². The van der Waals surface area contributed by atoms with E-state index in [4.69, 9.17) is 34.4 Å². The van der Waals surface area contributed by atoms with Gasteiger partial charge in [0.05, 0.1) is 0 Å². The van der Waals surface area contributed by atoms with E-state index in [-0.39, 0.29) is 0 Å². The first kappa shape index (κ1) is 34.3. The molecule has 0 radical (unpaired) electrons. The SMILES string of the molecule is NCCSSCCN.Nc1ccc(SSc2ccc(N)cc2)cc1.Nc1ccccc1SSc1ccccc1N. The molecule has 6 nitrogen and oxygen atoms in total. The van der Waals surface area contributed by atoms with E-state index in [1.807, 2.05) is 97.1 Å². The molecule has 0 aliphatic rings. The largest absolute Gasteiger partial charge is 0.399 e. The predicted molar refractivity (Wildman–Crippen MR) is 190 cm³/mol. The number of para-hydroxylation sites is 2. The zero-order chi connectivity index (χ0) is 29.0. The molecule has 40 heavy (non-hydrogen) atoms. The molecule has 0 amide bonds. The Labute approximate surface area is 261 Å². The lowest BCUT2D eigenvalue weighted by Gasteiger charge is -2.05. The van der Waals surface area contributed by atoms with E-state index in [9.17, 15) is 0 Å². The van der Waals surface area contributed by atoms with Crippen LogP contribution in [-0.4, -0.2) is 24.6 Å². The molecule has 0 spiro atoms. The highest BCUT2D eigenvalue weighted by atomic mass is 33.1. The molecule has 12 N–H and O–H groups in total. The minimum atomic E-state index is 0.766. The fraction of sp³-hybridized carbons (Fsp3) is 0.143. The van der Waals surface area contributed by atoms with Gasteiger partial charge in [0.1, 0.15) is 0 Å². The smallest absolute Gasteiger partial charge is 0.0461 e. The number of nitrogens with two attached hydrogens (primary N) is 6. The van der Waals surface area contributed by atoms with Crippen LogP contribution in [0.1, 0.15) is 0 Å². The summed E-state index contributed by atoms with van der Waals surface area (Å²) in [6.07, 6.45) is 0. The zero-order valence-corrected chi connectivity index (χ0v) is 26.9. The van der Waals surface area contributed by atoms with E-state index in [0.29, 0.717) is 0 Å². The Balaban J connectivity index is 0.000000224. The van der Waals surface area contributed by atoms with Gasteiger partial charge in [0.2, 0.25) is 0 Å². The second-order valence-corrected chi connectivity index (χ2v) is 15.0. The first-order valence-corrected chi connectivity index (χ1v) is 19.0. The summed E-state index contributed by atoms with van der Waals surface area (Å²) >= 11 is 0. The minimum Gasteiger partial charge on any atom is -0.399 e. The lowest BCUT2D eigenvalue weighted by Crippen LogP contribution is -2.02. The summed E-state index contributed by atoms with van der Waals surface area (Å²) in [5.41, 5.74) is 36.6. The molecule has 214 valence electrons. The average molecular weight is 649 g/mol. The van der Waals surface area contributed by atoms with Gasteiger partial charge in [0.25, 0.3) is 0 Å². The van der Waals surface area contributed by atoms with Gasteiger partial charge in [-0.3, -0.25) is 0 Å². The molecule has 0 aliphatic heterocycles. The van der Waals surface area contributed by atoms with Gasteiger partial charge >= 0.3 is 0 Å². The molecular formula is C28H36N6S6. The van der Waals surface area contributed by atoms with Crippen molar-refractivity contribution in [2.75, 3.05) is 47.5 Å². The van der Waals surface area contributed by atoms with E-state index < -0.39 is 0 Å². The molecule has 0 atom stereocenters. The van der Waals surface area contributed by atoms with Crippen molar-refractivity contribution in [1.29, 1.82) is 0 Å². The van der Waals surface area contributed by atoms with Gasteiger partial charge < -0.3 is 34.4 Å². The van der Waals surface area contributed by atoms with Gasteiger partial charge in [-0.25, -0.2) is 0 Å². The molecule has 0 fully saturated rings. The molecule has 0 aliphatic carbocycles. The highest BCUT2D eigenvalue weighted by molar-refractivity contribution is 8.77. The Bertz CT molecular complexity index is 1130. The summed E-state index contributed by atoms with van der Waals surface area (Å²) in [7, 11) is 10.2. The van der Waals surface area contributed by atoms with Crippen molar-refractivity contribution < 1.29 is 0 Å². The topological polar surface area (TPSA) is 156 Å². The van der Waals surface area contributed by atoms with Crippen LogP contribution >= 0.6 is 64.8 Å². The number of anilines is 4. The highest BCUT2D eigenvalue weighted by Crippen LogP contribution is 2.42. The third-order valence-corrected chi connectivity index (χ3v) is 11.9. The molecular weight excluding hydrogens is 613 g/mol. The summed E-state index contributed by atoms with van der Waals surface area (Å²) < 4.78 is 0. The molecule has 0 bridgehead atoms. The highest BCUT2D eigenvalue weighted by Gasteiger charge is 2.03. The Morgan fingerprint density at radius 1 is 0.425 bits per heavy atom. The quantitative estimate of drug-likeness (QED) is 0.0539. The third kappa shape index (κ3) is 14.6. The maximum atomic E-state index is 5.86. The van der Waals surface area contributed by atoms with Crippen molar-refractivity contribution in [3.63, 3.8) is 0 Å². The van der Waals surface area contributed by atoms with Gasteiger partial charge in [0, 0.05) is 66.9 Å². The Kier molecular flexibility index (Phi) is 17.9. The molecule has 4 aromatic carbocycles. The molecule has 0 aromatic heterocycles. The second-order valence-electron chi connectivity index (χ2n) is 7.77. The summed E-state index contributed by atoms with van der Waals surface area (Å²) in [4.78, 5) is 4.51. The standard InChI is InChI=1S/2C12H12N2S2.C4H12N2S2/c13-9-1-5-11(6-2-9)15-16-12-7-3-10(14)4-8-12;13-9-5-1-3-7-11(9)15-16-12-8-4-2-6-10(12)14;5-1-3-7-8-4-2-6/h2*1-8H,13-14H2;1-6H2. The van der Waals surface area contributed by atoms with Crippen molar-refractivity contribution in [2.24, 2.45) is 11.5 Å². The number of benzene rings is 4. The molecule has 12 heteroatoms. The van der Waals surface area contributed by atoms with E-state index in [1.165, 1.54) is 9.79 Å². The number of hydrogen-bond donors (Lipinski definition) is 6. The maximum Gasteiger partial charge on any atom is 0.0461 e. The second kappa shape index (κ2) is 20.9. The summed E-state index contributed by atoms with van der Waals surface area (Å²) in [6, 6.07) is 31.3. The first-order chi connectivity index (χ1) is 19.4. The maximum absolute atomic E-state index is 5.86. The van der Waals surface area contributed by atoms with Gasteiger partial charge in [-0.2, -0.15) is 0 Å². The van der Waals surface area contributed by atoms with Crippen molar-refractivity contribution in [3.05, 3.63) is 97.1 Å². The van der Waals surface area contributed by atoms with E-state index in [1.54, 1.807) is 64.8 Å². The number of hydrogen-bond acceptors (Lipinski definition) is 12. The lowest BCUT2D eigenvalue weighted by atomic mass is 10.3. The van der Waals surface area contributed by atoms with E-state index in [0.717, 1.165) is 57.1 Å². The summed E-state index contributed by atoms with van der Waals surface area (Å²) in [5, 5.41) is 0. The molecule has 4 aromatic rings. The molecule has 0 saturated carbocycles. The first-order valence-electron chi connectivity index (χ1n) is 12.2. The van der Waals surface area contributed by atoms with Crippen molar-refractivity contribution in [1.82, 2.24) is 0 Å². The summed E-state index contributed by atoms with van der Waals surface area (Å²) in [6.45, 7) is 1.53. The van der Waals surface area contributed by atoms with Gasteiger partial charge in [-0.15, -0.1) is 0 Å². The Hall–Kier alpha value is -1.90. The molecule has 0 unspecified atom stereocenters. The Morgan fingerprint density at radius 2 is 0.775 bits per heavy atom. The van der Waals surface area contributed by atoms with Crippen molar-refractivity contribution in [3.8, 4) is 0 Å². The van der Waals surface area contributed by atoms with Crippen LogP contribution in [0.4, 0.5) is 22.7 Å². The van der Waals surface area contributed by atoms with Gasteiger partial charge in [-0.05, 0) is 72.8 Å². The van der Waals surface area contributed by atoms with Crippen LogP contribution in [0, 0.1) is 0 Å². The van der Waals surface area contributed by atoms with Gasteiger partial charge in [-0.1, -0.05) is 89.0 Å². The molecule has 0 saturated heterocycles. The van der Waals surface area contributed by atoms with Crippen LogP contribution < -0.4 is 34.4 Å². The van der Waals surface area contributed by atoms with Crippen molar-refractivity contribution in [2.45, 2.75) is 19.6 Å². The van der Waals surface area contributed by atoms with E-state index >= 15 is 0 Å². The van der Waals surface area contributed by atoms with Crippen LogP contribution in [0.2, 0.25) is 0 Å². The minimum absolute atomic E-state index is 0.766. The number of rotatable bonds is 11. The van der Waals surface area contributed by atoms with Crippen molar-refractivity contribution >= 4 is 87.5 Å². The lowest BCUT2D eigenvalue weighted by molar-refractivity contribution is 1.15. The van der Waals surface area contributed by atoms with Gasteiger partial charge in [0.15, 0.2) is 0 Å². The number of nitrogen functional groups attached to an aromatic ring is 4. The normalized spacial score (nSPS) is 10.2. The molecule has 4 rings (SSSR count). The average Bonchev–Trinajstić information content (AvgIpc) is 2.97. The van der Waals surface area contributed by atoms with E-state index in [2.05, 4.69) is 0 Å². The fourth-order valence-electron chi connectivity index (χ4n) is 2.56. The van der Waals surface area contributed by atoms with Crippen LogP contribution in [-0.2, 0) is 0 Å².